The number of rotatable bonds is 5. The minimum Gasteiger partial charge on any atom is -0.461 e. The molecule has 1 aliphatic heterocycles. The number of hydrogen-bond acceptors (Lipinski definition) is 4. The maximum Gasteiger partial charge on any atom is 0.129 e. The summed E-state index contributed by atoms with van der Waals surface area (Å²) in [7, 11) is 0. The van der Waals surface area contributed by atoms with Crippen LogP contribution in [0.4, 0.5) is 0 Å². The van der Waals surface area contributed by atoms with Gasteiger partial charge in [-0.25, -0.2) is 0 Å². The van der Waals surface area contributed by atoms with E-state index in [4.69, 9.17) is 19.0 Å². The molecule has 1 aromatic heterocycles. The first kappa shape index (κ1) is 10.7. The molecule has 1 unspecified atom stereocenters. The first-order chi connectivity index (χ1) is 7.38. The van der Waals surface area contributed by atoms with E-state index in [-0.39, 0.29) is 6.61 Å². The lowest BCUT2D eigenvalue weighted by molar-refractivity contribution is 0.0676. The molecule has 1 N–H and O–H groups in total. The molecular formula is C11H16O4. The Morgan fingerprint density at radius 2 is 2.27 bits per heavy atom. The highest BCUT2D eigenvalue weighted by molar-refractivity contribution is 5.05. The van der Waals surface area contributed by atoms with Crippen molar-refractivity contribution in [1.82, 2.24) is 0 Å². The molecule has 0 radical (unpaired) electrons. The fourth-order valence-corrected chi connectivity index (χ4v) is 1.63. The molecule has 15 heavy (non-hydrogen) atoms. The third-order valence-corrected chi connectivity index (χ3v) is 2.50. The van der Waals surface area contributed by atoms with Crippen molar-refractivity contribution in [2.75, 3.05) is 19.8 Å². The molecule has 0 amide bonds. The predicted molar refractivity (Wildman–Crippen MR) is 53.2 cm³/mol. The fraction of sp³-hybridized carbons (Fsp3) is 0.636. The van der Waals surface area contributed by atoms with Crippen LogP contribution in [0.25, 0.3) is 0 Å². The Labute approximate surface area is 88.8 Å². The van der Waals surface area contributed by atoms with E-state index in [1.807, 2.05) is 6.07 Å². The van der Waals surface area contributed by atoms with Gasteiger partial charge < -0.3 is 19.0 Å². The summed E-state index contributed by atoms with van der Waals surface area (Å²) in [6.07, 6.45) is 1.08. The predicted octanol–water partition coefficient (Wildman–Crippen LogP) is 1.32. The molecule has 0 spiro atoms. The minimum absolute atomic E-state index is 0.0591. The Morgan fingerprint density at radius 1 is 1.40 bits per heavy atom. The van der Waals surface area contributed by atoms with Gasteiger partial charge >= 0.3 is 0 Å². The molecule has 2 rings (SSSR count). The molecule has 1 atom stereocenters. The largest absolute Gasteiger partial charge is 0.461 e. The maximum atomic E-state index is 8.80. The standard InChI is InChI=1S/C11H16O4/c12-5-10-1-2-11(15-10)8-14-7-9-3-4-13-6-9/h1-2,9,12H,3-8H2. The molecule has 0 aromatic carbocycles. The summed E-state index contributed by atoms with van der Waals surface area (Å²) in [6, 6.07) is 3.59. The van der Waals surface area contributed by atoms with Crippen molar-refractivity contribution in [2.45, 2.75) is 19.6 Å². The summed E-state index contributed by atoms with van der Waals surface area (Å²) in [4.78, 5) is 0. The zero-order valence-corrected chi connectivity index (χ0v) is 8.65. The average molecular weight is 212 g/mol. The summed E-state index contributed by atoms with van der Waals surface area (Å²) >= 11 is 0. The van der Waals surface area contributed by atoms with Gasteiger partial charge in [0.15, 0.2) is 0 Å². The molecule has 1 aliphatic rings. The maximum absolute atomic E-state index is 8.80. The van der Waals surface area contributed by atoms with E-state index in [1.165, 1.54) is 0 Å². The van der Waals surface area contributed by atoms with Gasteiger partial charge in [-0.3, -0.25) is 0 Å². The Balaban J connectivity index is 1.68. The lowest BCUT2D eigenvalue weighted by atomic mass is 10.1. The van der Waals surface area contributed by atoms with Crippen LogP contribution < -0.4 is 0 Å². The number of ether oxygens (including phenoxy) is 2. The highest BCUT2D eigenvalue weighted by Crippen LogP contribution is 2.14. The summed E-state index contributed by atoms with van der Waals surface area (Å²) in [5.41, 5.74) is 0. The topological polar surface area (TPSA) is 51.8 Å². The third-order valence-electron chi connectivity index (χ3n) is 2.50. The molecule has 4 heteroatoms. The Kier molecular flexibility index (Phi) is 3.77. The lowest BCUT2D eigenvalue weighted by Crippen LogP contribution is -2.08. The van der Waals surface area contributed by atoms with Gasteiger partial charge in [0.05, 0.1) is 13.2 Å². The van der Waals surface area contributed by atoms with E-state index in [2.05, 4.69) is 0 Å². The van der Waals surface area contributed by atoms with Crippen LogP contribution in [0.15, 0.2) is 16.5 Å². The first-order valence-corrected chi connectivity index (χ1v) is 5.22. The van der Waals surface area contributed by atoms with E-state index in [0.717, 1.165) is 32.0 Å². The van der Waals surface area contributed by atoms with Gasteiger partial charge in [-0.2, -0.15) is 0 Å². The van der Waals surface area contributed by atoms with Gasteiger partial charge in [0.25, 0.3) is 0 Å². The zero-order valence-electron chi connectivity index (χ0n) is 8.65. The number of hydrogen-bond donors (Lipinski definition) is 1. The average Bonchev–Trinajstić information content (AvgIpc) is 2.88. The smallest absolute Gasteiger partial charge is 0.129 e. The summed E-state index contributed by atoms with van der Waals surface area (Å²) in [5.74, 6) is 1.87. The second kappa shape index (κ2) is 5.30. The molecule has 1 aromatic rings. The molecule has 84 valence electrons. The van der Waals surface area contributed by atoms with Gasteiger partial charge in [0.2, 0.25) is 0 Å². The van der Waals surface area contributed by atoms with E-state index >= 15 is 0 Å². The van der Waals surface area contributed by atoms with Crippen LogP contribution in [0.3, 0.4) is 0 Å². The second-order valence-electron chi connectivity index (χ2n) is 3.77. The molecule has 1 saturated heterocycles. The van der Waals surface area contributed by atoms with Crippen LogP contribution >= 0.6 is 0 Å². The van der Waals surface area contributed by atoms with Crippen LogP contribution in [-0.4, -0.2) is 24.9 Å². The van der Waals surface area contributed by atoms with Crippen LogP contribution in [0.2, 0.25) is 0 Å². The van der Waals surface area contributed by atoms with Crippen molar-refractivity contribution in [2.24, 2.45) is 5.92 Å². The zero-order chi connectivity index (χ0) is 10.5. The van der Waals surface area contributed by atoms with Gasteiger partial charge in [-0.1, -0.05) is 0 Å². The van der Waals surface area contributed by atoms with Crippen molar-refractivity contribution in [1.29, 1.82) is 0 Å². The van der Waals surface area contributed by atoms with Crippen molar-refractivity contribution in [3.05, 3.63) is 23.7 Å². The number of furan rings is 1. The number of aliphatic hydroxyl groups excluding tert-OH is 1. The number of aliphatic hydroxyl groups is 1. The molecule has 1 fully saturated rings. The summed E-state index contributed by atoms with van der Waals surface area (Å²) in [5, 5.41) is 8.80. The van der Waals surface area contributed by atoms with Crippen LogP contribution in [0, 0.1) is 5.92 Å². The van der Waals surface area contributed by atoms with Crippen molar-refractivity contribution in [3.8, 4) is 0 Å². The van der Waals surface area contributed by atoms with Gasteiger partial charge in [-0.15, -0.1) is 0 Å². The van der Waals surface area contributed by atoms with Crippen molar-refractivity contribution < 1.29 is 19.0 Å². The van der Waals surface area contributed by atoms with Crippen molar-refractivity contribution in [3.63, 3.8) is 0 Å². The van der Waals surface area contributed by atoms with Gasteiger partial charge in [0.1, 0.15) is 24.7 Å². The summed E-state index contributed by atoms with van der Waals surface area (Å²) in [6.45, 7) is 2.78. The molecule has 0 saturated carbocycles. The normalized spacial score (nSPS) is 21.0. The van der Waals surface area contributed by atoms with Crippen LogP contribution in [0.1, 0.15) is 17.9 Å². The third kappa shape index (κ3) is 3.06. The van der Waals surface area contributed by atoms with Crippen molar-refractivity contribution >= 4 is 0 Å². The van der Waals surface area contributed by atoms with E-state index in [0.29, 0.717) is 18.3 Å². The first-order valence-electron chi connectivity index (χ1n) is 5.22. The molecular weight excluding hydrogens is 196 g/mol. The fourth-order valence-electron chi connectivity index (χ4n) is 1.63. The van der Waals surface area contributed by atoms with Gasteiger partial charge in [0, 0.05) is 12.5 Å². The summed E-state index contributed by atoms with van der Waals surface area (Å²) < 4.78 is 16.0. The van der Waals surface area contributed by atoms with Gasteiger partial charge in [-0.05, 0) is 18.6 Å². The SMILES string of the molecule is OCc1ccc(COCC2CCOC2)o1. The Bertz CT molecular complexity index is 289. The van der Waals surface area contributed by atoms with E-state index < -0.39 is 0 Å². The Hall–Kier alpha value is -0.840. The molecule has 2 heterocycles. The van der Waals surface area contributed by atoms with E-state index in [1.54, 1.807) is 6.07 Å². The second-order valence-corrected chi connectivity index (χ2v) is 3.77. The van der Waals surface area contributed by atoms with Crippen LogP contribution in [-0.2, 0) is 22.7 Å². The van der Waals surface area contributed by atoms with Crippen LogP contribution in [0.5, 0.6) is 0 Å². The molecule has 4 nitrogen and oxygen atoms in total. The Morgan fingerprint density at radius 3 is 2.93 bits per heavy atom. The quantitative estimate of drug-likeness (QED) is 0.799. The van der Waals surface area contributed by atoms with E-state index in [9.17, 15) is 0 Å². The molecule has 0 aliphatic carbocycles. The lowest BCUT2D eigenvalue weighted by Gasteiger charge is -2.06. The highest BCUT2D eigenvalue weighted by Gasteiger charge is 2.15. The highest BCUT2D eigenvalue weighted by atomic mass is 16.5. The monoisotopic (exact) mass is 212 g/mol. The molecule has 0 bridgehead atoms. The minimum atomic E-state index is -0.0591.